The summed E-state index contributed by atoms with van der Waals surface area (Å²) in [6.07, 6.45) is 0. The number of hydrogen-bond acceptors (Lipinski definition) is 4. The predicted molar refractivity (Wildman–Crippen MR) is 47.2 cm³/mol. The van der Waals surface area contributed by atoms with Crippen LogP contribution in [0.1, 0.15) is 6.92 Å². The van der Waals surface area contributed by atoms with E-state index in [1.165, 1.54) is 0 Å². The lowest BCUT2D eigenvalue weighted by atomic mass is 10.1. The number of nitrogens with two attached hydrogens (primary N) is 1. The highest BCUT2D eigenvalue weighted by Crippen LogP contribution is 1.97. The predicted octanol–water partition coefficient (Wildman–Crippen LogP) is -0.707. The lowest BCUT2D eigenvalue weighted by Gasteiger charge is -2.18. The molecule has 72 valence electrons. The van der Waals surface area contributed by atoms with Gasteiger partial charge in [0.05, 0.1) is 6.61 Å². The van der Waals surface area contributed by atoms with Crippen LogP contribution in [0.4, 0.5) is 0 Å². The standard InChI is InChI=1S/C7H17N3O2/c1-6(7(8)9-12)5-10(2)3-4-11/h6,11-12H,3-5H2,1-2H3,(H2,8,9). The molecule has 0 aliphatic rings. The van der Waals surface area contributed by atoms with Crippen LogP contribution < -0.4 is 5.73 Å². The summed E-state index contributed by atoms with van der Waals surface area (Å²) < 4.78 is 0. The summed E-state index contributed by atoms with van der Waals surface area (Å²) in [6.45, 7) is 3.27. The van der Waals surface area contributed by atoms with Gasteiger partial charge in [-0.25, -0.2) is 0 Å². The summed E-state index contributed by atoms with van der Waals surface area (Å²) in [4.78, 5) is 1.92. The molecule has 1 unspecified atom stereocenters. The van der Waals surface area contributed by atoms with Crippen molar-refractivity contribution in [2.75, 3.05) is 26.7 Å². The number of amidine groups is 1. The summed E-state index contributed by atoms with van der Waals surface area (Å²) >= 11 is 0. The largest absolute Gasteiger partial charge is 0.409 e. The summed E-state index contributed by atoms with van der Waals surface area (Å²) in [5.74, 6) is 0.228. The summed E-state index contributed by atoms with van der Waals surface area (Å²) in [5.41, 5.74) is 5.37. The molecule has 0 fully saturated rings. The van der Waals surface area contributed by atoms with Crippen molar-refractivity contribution in [2.45, 2.75) is 6.92 Å². The SMILES string of the molecule is CC(CN(C)CCO)/C(N)=N/O. The second-order valence-corrected chi connectivity index (χ2v) is 2.91. The lowest BCUT2D eigenvalue weighted by molar-refractivity contribution is 0.214. The van der Waals surface area contributed by atoms with Crippen LogP contribution >= 0.6 is 0 Å². The first-order chi connectivity index (χ1) is 5.61. The highest BCUT2D eigenvalue weighted by atomic mass is 16.4. The Morgan fingerprint density at radius 2 is 2.25 bits per heavy atom. The Labute approximate surface area is 72.5 Å². The van der Waals surface area contributed by atoms with Gasteiger partial charge in [0, 0.05) is 19.0 Å². The zero-order valence-corrected chi connectivity index (χ0v) is 7.56. The minimum absolute atomic E-state index is 0.00606. The Hall–Kier alpha value is -0.810. The molecular formula is C7H17N3O2. The first kappa shape index (κ1) is 11.2. The van der Waals surface area contributed by atoms with E-state index < -0.39 is 0 Å². The van der Waals surface area contributed by atoms with Gasteiger partial charge in [-0.3, -0.25) is 0 Å². The number of oxime groups is 1. The van der Waals surface area contributed by atoms with Crippen molar-refractivity contribution in [1.29, 1.82) is 0 Å². The van der Waals surface area contributed by atoms with E-state index in [0.717, 1.165) is 0 Å². The maximum Gasteiger partial charge on any atom is 0.143 e. The van der Waals surface area contributed by atoms with Crippen molar-refractivity contribution < 1.29 is 10.3 Å². The van der Waals surface area contributed by atoms with Crippen molar-refractivity contribution in [3.8, 4) is 0 Å². The summed E-state index contributed by atoms with van der Waals surface area (Å²) in [6, 6.07) is 0. The molecule has 1 atom stereocenters. The molecule has 4 N–H and O–H groups in total. The molecule has 0 bridgehead atoms. The molecular weight excluding hydrogens is 158 g/mol. The summed E-state index contributed by atoms with van der Waals surface area (Å²) in [7, 11) is 1.87. The quantitative estimate of drug-likeness (QED) is 0.223. The molecule has 0 aromatic rings. The average molecular weight is 175 g/mol. The van der Waals surface area contributed by atoms with Crippen LogP contribution in [-0.4, -0.2) is 47.8 Å². The van der Waals surface area contributed by atoms with E-state index in [4.69, 9.17) is 16.0 Å². The molecule has 0 heterocycles. The fourth-order valence-corrected chi connectivity index (χ4v) is 0.922. The molecule has 0 aliphatic carbocycles. The molecule has 0 spiro atoms. The molecule has 0 amide bonds. The van der Waals surface area contributed by atoms with Crippen molar-refractivity contribution in [3.63, 3.8) is 0 Å². The van der Waals surface area contributed by atoms with Gasteiger partial charge >= 0.3 is 0 Å². The lowest BCUT2D eigenvalue weighted by Crippen LogP contribution is -2.34. The maximum absolute atomic E-state index is 8.59. The second-order valence-electron chi connectivity index (χ2n) is 2.91. The molecule has 0 aromatic heterocycles. The van der Waals surface area contributed by atoms with Crippen LogP contribution in [0.25, 0.3) is 0 Å². The van der Waals surface area contributed by atoms with Crippen molar-refractivity contribution in [3.05, 3.63) is 0 Å². The molecule has 0 radical (unpaired) electrons. The van der Waals surface area contributed by atoms with Gasteiger partial charge in [-0.1, -0.05) is 12.1 Å². The molecule has 5 heteroatoms. The number of nitrogens with zero attached hydrogens (tertiary/aromatic N) is 2. The van der Waals surface area contributed by atoms with E-state index in [1.54, 1.807) is 0 Å². The smallest absolute Gasteiger partial charge is 0.143 e. The Balaban J connectivity index is 3.75. The van der Waals surface area contributed by atoms with Crippen LogP contribution in [0.5, 0.6) is 0 Å². The summed E-state index contributed by atoms with van der Waals surface area (Å²) in [5, 5.41) is 19.8. The zero-order chi connectivity index (χ0) is 9.56. The molecule has 5 nitrogen and oxygen atoms in total. The van der Waals surface area contributed by atoms with E-state index in [2.05, 4.69) is 5.16 Å². The average Bonchev–Trinajstić information content (AvgIpc) is 2.03. The molecule has 0 saturated heterocycles. The maximum atomic E-state index is 8.59. The number of likely N-dealkylation sites (N-methyl/N-ethyl adjacent to an activating group) is 1. The number of hydrogen-bond donors (Lipinski definition) is 3. The van der Waals surface area contributed by atoms with Crippen LogP contribution in [0.3, 0.4) is 0 Å². The Bertz CT molecular complexity index is 150. The third-order valence-electron chi connectivity index (χ3n) is 1.69. The van der Waals surface area contributed by atoms with Crippen molar-refractivity contribution >= 4 is 5.84 Å². The van der Waals surface area contributed by atoms with Crippen LogP contribution in [0.2, 0.25) is 0 Å². The highest BCUT2D eigenvalue weighted by Gasteiger charge is 2.09. The Kier molecular flexibility index (Phi) is 5.40. The van der Waals surface area contributed by atoms with E-state index in [0.29, 0.717) is 13.1 Å². The van der Waals surface area contributed by atoms with E-state index in [1.807, 2.05) is 18.9 Å². The Morgan fingerprint density at radius 1 is 1.67 bits per heavy atom. The zero-order valence-electron chi connectivity index (χ0n) is 7.56. The van der Waals surface area contributed by atoms with Crippen molar-refractivity contribution in [1.82, 2.24) is 4.90 Å². The number of aliphatic hydroxyl groups excluding tert-OH is 1. The van der Waals surface area contributed by atoms with Gasteiger partial charge in [-0.2, -0.15) is 0 Å². The van der Waals surface area contributed by atoms with Crippen LogP contribution in [0.15, 0.2) is 5.16 Å². The third kappa shape index (κ3) is 4.15. The molecule has 12 heavy (non-hydrogen) atoms. The molecule has 0 saturated carbocycles. The van der Waals surface area contributed by atoms with Gasteiger partial charge < -0.3 is 20.9 Å². The van der Waals surface area contributed by atoms with E-state index >= 15 is 0 Å². The minimum Gasteiger partial charge on any atom is -0.409 e. The first-order valence-electron chi connectivity index (χ1n) is 3.88. The van der Waals surface area contributed by atoms with Gasteiger partial charge in [0.1, 0.15) is 5.84 Å². The second kappa shape index (κ2) is 5.79. The van der Waals surface area contributed by atoms with Crippen LogP contribution in [0, 0.1) is 5.92 Å². The van der Waals surface area contributed by atoms with Gasteiger partial charge in [0.15, 0.2) is 0 Å². The molecule has 0 aliphatic heterocycles. The first-order valence-corrected chi connectivity index (χ1v) is 3.88. The molecule has 0 aromatic carbocycles. The number of aliphatic hydroxyl groups is 1. The topological polar surface area (TPSA) is 82.1 Å². The van der Waals surface area contributed by atoms with E-state index in [-0.39, 0.29) is 18.4 Å². The Morgan fingerprint density at radius 3 is 2.67 bits per heavy atom. The van der Waals surface area contributed by atoms with Gasteiger partial charge in [-0.05, 0) is 7.05 Å². The van der Waals surface area contributed by atoms with Gasteiger partial charge in [-0.15, -0.1) is 0 Å². The molecule has 0 rings (SSSR count). The van der Waals surface area contributed by atoms with Gasteiger partial charge in [0.2, 0.25) is 0 Å². The van der Waals surface area contributed by atoms with Crippen molar-refractivity contribution in [2.24, 2.45) is 16.8 Å². The van der Waals surface area contributed by atoms with Crippen LogP contribution in [-0.2, 0) is 0 Å². The fraction of sp³-hybridized carbons (Fsp3) is 0.857. The van der Waals surface area contributed by atoms with Gasteiger partial charge in [0.25, 0.3) is 0 Å². The third-order valence-corrected chi connectivity index (χ3v) is 1.69. The number of rotatable bonds is 5. The fourth-order valence-electron chi connectivity index (χ4n) is 0.922. The normalized spacial score (nSPS) is 15.2. The minimum atomic E-state index is 0.00606. The monoisotopic (exact) mass is 175 g/mol. The highest BCUT2D eigenvalue weighted by molar-refractivity contribution is 5.82. The van der Waals surface area contributed by atoms with E-state index in [9.17, 15) is 0 Å².